The van der Waals surface area contributed by atoms with Gasteiger partial charge in [0, 0.05) is 43.9 Å². The van der Waals surface area contributed by atoms with Crippen molar-refractivity contribution in [3.63, 3.8) is 0 Å². The molecule has 0 aliphatic rings. The summed E-state index contributed by atoms with van der Waals surface area (Å²) in [6.07, 6.45) is 0. The van der Waals surface area contributed by atoms with Crippen molar-refractivity contribution in [2.75, 3.05) is 0 Å². The predicted octanol–water partition coefficient (Wildman–Crippen LogP) is 15.5. The molecular formula is C59H36N4O. The summed E-state index contributed by atoms with van der Waals surface area (Å²) >= 11 is 0. The van der Waals surface area contributed by atoms with Gasteiger partial charge in [-0.3, -0.25) is 0 Å². The molecule has 0 radical (unpaired) electrons. The molecule has 13 rings (SSSR count). The third-order valence-corrected chi connectivity index (χ3v) is 12.6. The van der Waals surface area contributed by atoms with Gasteiger partial charge in [-0.1, -0.05) is 164 Å². The zero-order chi connectivity index (χ0) is 42.1. The molecule has 3 aromatic heterocycles. The van der Waals surface area contributed by atoms with Crippen LogP contribution in [0.15, 0.2) is 223 Å². The van der Waals surface area contributed by atoms with E-state index in [1.165, 1.54) is 32.7 Å². The fourth-order valence-corrected chi connectivity index (χ4v) is 9.57. The second kappa shape index (κ2) is 14.5. The first-order valence-electron chi connectivity index (χ1n) is 21.6. The number of aromatic nitrogens is 4. The van der Waals surface area contributed by atoms with Gasteiger partial charge in [0.1, 0.15) is 11.2 Å². The quantitative estimate of drug-likeness (QED) is 0.168. The lowest BCUT2D eigenvalue weighted by atomic mass is 10.0. The van der Waals surface area contributed by atoms with Gasteiger partial charge in [-0.25, -0.2) is 15.0 Å². The van der Waals surface area contributed by atoms with Crippen LogP contribution in [-0.2, 0) is 0 Å². The lowest BCUT2D eigenvalue weighted by Gasteiger charge is -2.11. The first kappa shape index (κ1) is 36.0. The van der Waals surface area contributed by atoms with Crippen molar-refractivity contribution in [1.29, 1.82) is 0 Å². The summed E-state index contributed by atoms with van der Waals surface area (Å²) in [5, 5.41) is 9.12. The monoisotopic (exact) mass is 816 g/mol. The van der Waals surface area contributed by atoms with Crippen molar-refractivity contribution in [1.82, 2.24) is 19.5 Å². The molecule has 298 valence electrons. The van der Waals surface area contributed by atoms with E-state index < -0.39 is 0 Å². The lowest BCUT2D eigenvalue weighted by Crippen LogP contribution is -2.00. The minimum Gasteiger partial charge on any atom is -0.456 e. The van der Waals surface area contributed by atoms with Crippen molar-refractivity contribution >= 4 is 65.3 Å². The minimum atomic E-state index is 0.578. The van der Waals surface area contributed by atoms with Crippen molar-refractivity contribution in [3.8, 4) is 62.1 Å². The Morgan fingerprint density at radius 2 is 0.922 bits per heavy atom. The maximum absolute atomic E-state index is 6.65. The first-order valence-corrected chi connectivity index (χ1v) is 21.6. The lowest BCUT2D eigenvalue weighted by molar-refractivity contribution is 0.669. The fraction of sp³-hybridized carbons (Fsp3) is 0. The summed E-state index contributed by atoms with van der Waals surface area (Å²) in [7, 11) is 0. The molecule has 0 N–H and O–H groups in total. The highest BCUT2D eigenvalue weighted by atomic mass is 16.3. The van der Waals surface area contributed by atoms with E-state index in [-0.39, 0.29) is 0 Å². The summed E-state index contributed by atoms with van der Waals surface area (Å²) in [5.41, 5.74) is 12.2. The molecule has 64 heavy (non-hydrogen) atoms. The zero-order valence-corrected chi connectivity index (χ0v) is 34.5. The highest BCUT2D eigenvalue weighted by Crippen LogP contribution is 2.42. The SMILES string of the molecule is c1ccc(-c2cccc(-c3nc(-c4ccc5ccccc5c4)nc(-c4cccc5oc6ccc(-n7c8ccc(-c9ccccc9)cc8c8c9ccccc9ccc87)cc6c45)n3)c2)cc1. The summed E-state index contributed by atoms with van der Waals surface area (Å²) < 4.78 is 9.04. The van der Waals surface area contributed by atoms with E-state index in [1.807, 2.05) is 18.2 Å². The Hall–Kier alpha value is -8.67. The van der Waals surface area contributed by atoms with Gasteiger partial charge in [0.05, 0.1) is 11.0 Å². The normalized spacial score (nSPS) is 11.8. The average Bonchev–Trinajstić information content (AvgIpc) is 3.92. The van der Waals surface area contributed by atoms with Crippen molar-refractivity contribution in [3.05, 3.63) is 218 Å². The van der Waals surface area contributed by atoms with Crippen LogP contribution in [0.5, 0.6) is 0 Å². The van der Waals surface area contributed by atoms with Crippen LogP contribution in [0.25, 0.3) is 127 Å². The molecule has 0 bridgehead atoms. The summed E-state index contributed by atoms with van der Waals surface area (Å²) in [4.78, 5) is 15.7. The van der Waals surface area contributed by atoms with Gasteiger partial charge in [0.2, 0.25) is 0 Å². The molecular weight excluding hydrogens is 781 g/mol. The van der Waals surface area contributed by atoms with Crippen LogP contribution < -0.4 is 0 Å². The average molecular weight is 817 g/mol. The van der Waals surface area contributed by atoms with E-state index in [0.717, 1.165) is 77.2 Å². The van der Waals surface area contributed by atoms with Crippen LogP contribution in [0, 0.1) is 0 Å². The van der Waals surface area contributed by atoms with Gasteiger partial charge in [-0.15, -0.1) is 0 Å². The predicted molar refractivity (Wildman–Crippen MR) is 264 cm³/mol. The van der Waals surface area contributed by atoms with Crippen LogP contribution in [-0.4, -0.2) is 19.5 Å². The van der Waals surface area contributed by atoms with Crippen LogP contribution in [0.2, 0.25) is 0 Å². The van der Waals surface area contributed by atoms with E-state index in [9.17, 15) is 0 Å². The van der Waals surface area contributed by atoms with Crippen molar-refractivity contribution in [2.24, 2.45) is 0 Å². The Balaban J connectivity index is 1.03. The largest absolute Gasteiger partial charge is 0.456 e. The molecule has 0 saturated carbocycles. The van der Waals surface area contributed by atoms with Crippen LogP contribution in [0.1, 0.15) is 0 Å². The second-order valence-corrected chi connectivity index (χ2v) is 16.4. The van der Waals surface area contributed by atoms with Gasteiger partial charge < -0.3 is 8.98 Å². The Kier molecular flexibility index (Phi) is 8.15. The maximum atomic E-state index is 6.65. The Morgan fingerprint density at radius 1 is 0.312 bits per heavy atom. The maximum Gasteiger partial charge on any atom is 0.164 e. The van der Waals surface area contributed by atoms with Crippen LogP contribution in [0.3, 0.4) is 0 Å². The van der Waals surface area contributed by atoms with Gasteiger partial charge in [0.25, 0.3) is 0 Å². The molecule has 0 fully saturated rings. The van der Waals surface area contributed by atoms with E-state index >= 15 is 0 Å². The number of hydrogen-bond donors (Lipinski definition) is 0. The van der Waals surface area contributed by atoms with E-state index in [0.29, 0.717) is 17.5 Å². The van der Waals surface area contributed by atoms with Crippen LogP contribution >= 0.6 is 0 Å². The molecule has 0 spiro atoms. The zero-order valence-electron chi connectivity index (χ0n) is 34.5. The number of benzene rings is 10. The Morgan fingerprint density at radius 3 is 1.73 bits per heavy atom. The number of rotatable bonds is 6. The smallest absolute Gasteiger partial charge is 0.164 e. The van der Waals surface area contributed by atoms with E-state index in [4.69, 9.17) is 19.4 Å². The topological polar surface area (TPSA) is 56.7 Å². The van der Waals surface area contributed by atoms with Crippen LogP contribution in [0.4, 0.5) is 0 Å². The molecule has 0 aliphatic carbocycles. The van der Waals surface area contributed by atoms with Crippen molar-refractivity contribution in [2.45, 2.75) is 0 Å². The molecule has 5 nitrogen and oxygen atoms in total. The third kappa shape index (κ3) is 5.90. The molecule has 0 atom stereocenters. The first-order chi connectivity index (χ1) is 31.7. The molecule has 0 amide bonds. The number of fused-ring (bicyclic) bond motifs is 9. The second-order valence-electron chi connectivity index (χ2n) is 16.4. The van der Waals surface area contributed by atoms with Gasteiger partial charge >= 0.3 is 0 Å². The molecule has 5 heteroatoms. The molecule has 3 heterocycles. The summed E-state index contributed by atoms with van der Waals surface area (Å²) in [6, 6.07) is 77.0. The standard InChI is InChI=1S/C59H36N4O/c1-3-13-37(14-4-1)42-20-11-21-44(33-42)57-60-58(45-26-25-39-17-7-8-19-41(39)34-45)62-59(61-57)48-23-12-24-54-56(48)50-36-46(29-32-53(50)64-54)63-51-30-28-43(38-15-5-2-6-16-38)35-49(51)55-47-22-10-9-18-40(47)27-31-52(55)63/h1-36H. The van der Waals surface area contributed by atoms with E-state index in [2.05, 4.69) is 205 Å². The van der Waals surface area contributed by atoms with E-state index in [1.54, 1.807) is 0 Å². The number of nitrogens with zero attached hydrogens (tertiary/aromatic N) is 4. The van der Waals surface area contributed by atoms with Crippen molar-refractivity contribution < 1.29 is 4.42 Å². The molecule has 0 unspecified atom stereocenters. The highest BCUT2D eigenvalue weighted by Gasteiger charge is 2.21. The summed E-state index contributed by atoms with van der Waals surface area (Å²) in [6.45, 7) is 0. The van der Waals surface area contributed by atoms with Gasteiger partial charge in [0.15, 0.2) is 17.5 Å². The molecule has 0 aliphatic heterocycles. The molecule has 10 aromatic carbocycles. The molecule has 0 saturated heterocycles. The third-order valence-electron chi connectivity index (χ3n) is 12.6. The highest BCUT2D eigenvalue weighted by molar-refractivity contribution is 6.22. The fourth-order valence-electron chi connectivity index (χ4n) is 9.57. The molecule has 13 aromatic rings. The number of furan rings is 1. The minimum absolute atomic E-state index is 0.578. The number of hydrogen-bond acceptors (Lipinski definition) is 4. The Labute approximate surface area is 368 Å². The summed E-state index contributed by atoms with van der Waals surface area (Å²) in [5.74, 6) is 1.78. The van der Waals surface area contributed by atoms with Gasteiger partial charge in [-0.2, -0.15) is 0 Å². The van der Waals surface area contributed by atoms with Gasteiger partial charge in [-0.05, 0) is 98.4 Å². The Bertz CT molecular complexity index is 3960.